The van der Waals surface area contributed by atoms with Gasteiger partial charge in [-0.15, -0.1) is 0 Å². The Labute approximate surface area is 185 Å². The second-order valence-electron chi connectivity index (χ2n) is 6.72. The molecule has 2 aromatic heterocycles. The van der Waals surface area contributed by atoms with Crippen LogP contribution in [0.3, 0.4) is 0 Å². The van der Waals surface area contributed by atoms with Gasteiger partial charge in [0.2, 0.25) is 0 Å². The Morgan fingerprint density at radius 3 is 2.75 bits per heavy atom. The summed E-state index contributed by atoms with van der Waals surface area (Å²) in [5.41, 5.74) is 1.04. The number of H-pyrrole nitrogens is 2. The molecule has 0 saturated carbocycles. The van der Waals surface area contributed by atoms with Crippen molar-refractivity contribution in [3.05, 3.63) is 91.8 Å². The molecule has 0 aliphatic rings. The highest BCUT2D eigenvalue weighted by molar-refractivity contribution is 6.31. The van der Waals surface area contributed by atoms with E-state index < -0.39 is 11.4 Å². The van der Waals surface area contributed by atoms with Crippen molar-refractivity contribution in [1.29, 1.82) is 0 Å². The molecule has 0 aliphatic carbocycles. The van der Waals surface area contributed by atoms with Crippen molar-refractivity contribution in [3.63, 3.8) is 0 Å². The van der Waals surface area contributed by atoms with Crippen LogP contribution >= 0.6 is 11.6 Å². The molecule has 0 unspecified atom stereocenters. The maximum absolute atomic E-state index is 13.9. The molecule has 0 atom stereocenters. The topological polar surface area (TPSA) is 126 Å². The fourth-order valence-electron chi connectivity index (χ4n) is 3.02. The summed E-state index contributed by atoms with van der Waals surface area (Å²) < 4.78 is 23.9. The number of nitrogens with zero attached hydrogens (tertiary/aromatic N) is 2. The van der Waals surface area contributed by atoms with Gasteiger partial charge < -0.3 is 15.0 Å². The van der Waals surface area contributed by atoms with Crippen LogP contribution in [0.15, 0.2) is 62.6 Å². The number of rotatable bonds is 8. The highest BCUT2D eigenvalue weighted by atomic mass is 35.5. The minimum Gasteiger partial charge on any atom is -0.486 e. The zero-order valence-corrected chi connectivity index (χ0v) is 17.3. The number of ether oxygens (including phenoxy) is 1. The molecular weight excluding hydrogens is 441 g/mol. The van der Waals surface area contributed by atoms with Gasteiger partial charge >= 0.3 is 11.4 Å². The van der Waals surface area contributed by atoms with E-state index in [1.807, 2.05) is 0 Å². The fourth-order valence-corrected chi connectivity index (χ4v) is 3.28. The van der Waals surface area contributed by atoms with E-state index in [2.05, 4.69) is 29.9 Å². The number of hydrogen-bond acceptors (Lipinski definition) is 7. The van der Waals surface area contributed by atoms with Gasteiger partial charge in [-0.05, 0) is 30.7 Å². The molecule has 164 valence electrons. The summed E-state index contributed by atoms with van der Waals surface area (Å²) in [7, 11) is 0. The molecule has 9 nitrogen and oxygen atoms in total. The molecule has 0 aliphatic heterocycles. The number of halogens is 2. The van der Waals surface area contributed by atoms with E-state index >= 15 is 0 Å². The fraction of sp³-hybridized carbons (Fsp3) is 0.143. The molecule has 2 heterocycles. The molecular formula is C21H17ClFN5O4. The largest absolute Gasteiger partial charge is 0.486 e. The number of benzene rings is 2. The second-order valence-corrected chi connectivity index (χ2v) is 7.13. The quantitative estimate of drug-likeness (QED) is 0.371. The summed E-state index contributed by atoms with van der Waals surface area (Å²) in [4.78, 5) is 32.0. The monoisotopic (exact) mass is 457 g/mol. The summed E-state index contributed by atoms with van der Waals surface area (Å²) in [5, 5.41) is 6.90. The van der Waals surface area contributed by atoms with Crippen molar-refractivity contribution in [1.82, 2.24) is 20.1 Å². The number of aromatic amines is 2. The summed E-state index contributed by atoms with van der Waals surface area (Å²) in [6, 6.07) is 13.2. The van der Waals surface area contributed by atoms with Gasteiger partial charge in [0, 0.05) is 28.8 Å². The van der Waals surface area contributed by atoms with E-state index in [0.29, 0.717) is 46.4 Å². The lowest BCUT2D eigenvalue weighted by molar-refractivity contribution is 0.285. The maximum Gasteiger partial charge on any atom is 0.439 e. The van der Waals surface area contributed by atoms with Crippen molar-refractivity contribution in [2.75, 3.05) is 11.9 Å². The van der Waals surface area contributed by atoms with Crippen LogP contribution in [0, 0.1) is 5.82 Å². The Bertz CT molecular complexity index is 1330. The first-order valence-electron chi connectivity index (χ1n) is 9.54. The molecule has 4 aromatic rings. The third-order valence-corrected chi connectivity index (χ3v) is 4.85. The van der Waals surface area contributed by atoms with Crippen molar-refractivity contribution in [2.45, 2.75) is 13.0 Å². The smallest absolute Gasteiger partial charge is 0.439 e. The van der Waals surface area contributed by atoms with Gasteiger partial charge in [-0.1, -0.05) is 35.0 Å². The molecule has 32 heavy (non-hydrogen) atoms. The van der Waals surface area contributed by atoms with Crippen LogP contribution in [0.5, 0.6) is 5.75 Å². The second kappa shape index (κ2) is 9.48. The van der Waals surface area contributed by atoms with Gasteiger partial charge in [-0.25, -0.2) is 14.0 Å². The number of anilines is 1. The zero-order valence-electron chi connectivity index (χ0n) is 16.5. The van der Waals surface area contributed by atoms with Crippen molar-refractivity contribution >= 4 is 17.4 Å². The first kappa shape index (κ1) is 21.3. The zero-order chi connectivity index (χ0) is 22.5. The van der Waals surface area contributed by atoms with E-state index in [1.165, 1.54) is 6.07 Å². The van der Waals surface area contributed by atoms with Crippen LogP contribution in [0.4, 0.5) is 10.2 Å². The molecule has 0 bridgehead atoms. The number of hydrogen-bond donors (Lipinski definition) is 3. The Kier molecular flexibility index (Phi) is 6.31. The third-order valence-electron chi connectivity index (χ3n) is 4.49. The van der Waals surface area contributed by atoms with E-state index in [0.717, 1.165) is 0 Å². The summed E-state index contributed by atoms with van der Waals surface area (Å²) in [6.45, 7) is 0.336. The van der Waals surface area contributed by atoms with Crippen LogP contribution in [-0.4, -0.2) is 26.7 Å². The highest BCUT2D eigenvalue weighted by Gasteiger charge is 2.09. The molecule has 0 spiro atoms. The standard InChI is InChI=1S/C21H17ClFN5O4/c22-15-5-2-6-16(23)14(15)7-8-24-18-10-17(25-20(29)26-18)12-3-1-4-13(9-12)31-11-19-27-21(30)32-28-19/h1-6,9-10H,7-8,11H2,(H,27,28,30)(H2,24,25,26,29). The van der Waals surface area contributed by atoms with Crippen LogP contribution < -0.4 is 21.5 Å². The lowest BCUT2D eigenvalue weighted by Crippen LogP contribution is -2.16. The van der Waals surface area contributed by atoms with Gasteiger partial charge in [0.05, 0.1) is 5.69 Å². The molecule has 0 saturated heterocycles. The van der Waals surface area contributed by atoms with E-state index in [-0.39, 0.29) is 18.2 Å². The average molecular weight is 458 g/mol. The summed E-state index contributed by atoms with van der Waals surface area (Å²) >= 11 is 6.05. The van der Waals surface area contributed by atoms with Gasteiger partial charge in [0.25, 0.3) is 0 Å². The number of aromatic nitrogens is 4. The first-order chi connectivity index (χ1) is 15.5. The number of nitrogens with one attached hydrogen (secondary N) is 3. The molecule has 0 amide bonds. The molecule has 3 N–H and O–H groups in total. The predicted molar refractivity (Wildman–Crippen MR) is 115 cm³/mol. The maximum atomic E-state index is 13.9. The van der Waals surface area contributed by atoms with Crippen molar-refractivity contribution in [2.24, 2.45) is 0 Å². The Balaban J connectivity index is 1.46. The summed E-state index contributed by atoms with van der Waals surface area (Å²) in [5.74, 6) is 0.0314. The predicted octanol–water partition coefficient (Wildman–Crippen LogP) is 3.14. The lowest BCUT2D eigenvalue weighted by atomic mass is 10.1. The third kappa shape index (κ3) is 5.22. The van der Waals surface area contributed by atoms with E-state index in [1.54, 1.807) is 42.5 Å². The average Bonchev–Trinajstić information content (AvgIpc) is 3.19. The van der Waals surface area contributed by atoms with Gasteiger partial charge in [-0.2, -0.15) is 4.98 Å². The van der Waals surface area contributed by atoms with Crippen molar-refractivity contribution < 1.29 is 13.7 Å². The van der Waals surface area contributed by atoms with Crippen LogP contribution in [0.25, 0.3) is 11.3 Å². The van der Waals surface area contributed by atoms with Crippen LogP contribution in [0.2, 0.25) is 5.02 Å². The minimum absolute atomic E-state index is 0.00741. The molecule has 2 aromatic carbocycles. The molecule has 4 rings (SSSR count). The SMILES string of the molecule is O=c1nc(NCCc2c(F)cccc2Cl)cc(-c2cccc(OCc3noc(=O)[nH]3)c2)[nH]1. The minimum atomic E-state index is -0.663. The summed E-state index contributed by atoms with van der Waals surface area (Å²) in [6.07, 6.45) is 0.322. The van der Waals surface area contributed by atoms with Gasteiger partial charge in [0.15, 0.2) is 5.82 Å². The van der Waals surface area contributed by atoms with Gasteiger partial charge in [0.1, 0.15) is 24.0 Å². The van der Waals surface area contributed by atoms with Crippen molar-refractivity contribution in [3.8, 4) is 17.0 Å². The molecule has 0 radical (unpaired) electrons. The van der Waals surface area contributed by atoms with E-state index in [4.69, 9.17) is 16.3 Å². The molecule has 0 fully saturated rings. The highest BCUT2D eigenvalue weighted by Crippen LogP contribution is 2.24. The lowest BCUT2D eigenvalue weighted by Gasteiger charge is -2.10. The van der Waals surface area contributed by atoms with Crippen LogP contribution in [-0.2, 0) is 13.0 Å². The van der Waals surface area contributed by atoms with Crippen LogP contribution in [0.1, 0.15) is 11.4 Å². The first-order valence-corrected chi connectivity index (χ1v) is 9.92. The Hall–Kier alpha value is -3.92. The Morgan fingerprint density at radius 2 is 1.97 bits per heavy atom. The van der Waals surface area contributed by atoms with E-state index in [9.17, 15) is 14.0 Å². The normalized spacial score (nSPS) is 10.8. The van der Waals surface area contributed by atoms with Gasteiger partial charge in [-0.3, -0.25) is 9.51 Å². The molecule has 11 heteroatoms. The Morgan fingerprint density at radius 1 is 1.12 bits per heavy atom.